The van der Waals surface area contributed by atoms with Gasteiger partial charge in [-0.2, -0.15) is 0 Å². The summed E-state index contributed by atoms with van der Waals surface area (Å²) in [6, 6.07) is 10.0. The number of amides is 2. The standard InChI is InChI=1S/C26H40N4O3S/c1-28(24-11-7-4-8-12-24)26(31)29(18-22-9-5-3-6-10-22)19-23-15-13-21(14-16-23)17-27-25(34-2)20-30(32)33/h4,7-8,11-12,21-23H,3,5-6,9-10,13-20H2,1-2H3. The number of aliphatic imine (C=N–C) groups is 1. The molecule has 0 aliphatic heterocycles. The van der Waals surface area contributed by atoms with E-state index in [1.54, 1.807) is 4.90 Å². The average Bonchev–Trinajstić information content (AvgIpc) is 2.87. The Morgan fingerprint density at radius 1 is 1.00 bits per heavy atom. The van der Waals surface area contributed by atoms with Crippen molar-refractivity contribution in [1.82, 2.24) is 4.90 Å². The monoisotopic (exact) mass is 488 g/mol. The number of rotatable bonds is 9. The highest BCUT2D eigenvalue weighted by molar-refractivity contribution is 8.13. The van der Waals surface area contributed by atoms with Crippen LogP contribution in [0.25, 0.3) is 0 Å². The molecule has 3 rings (SSSR count). The second-order valence-electron chi connectivity index (χ2n) is 9.90. The Morgan fingerprint density at radius 3 is 2.18 bits per heavy atom. The van der Waals surface area contributed by atoms with E-state index in [4.69, 9.17) is 0 Å². The Balaban J connectivity index is 1.57. The van der Waals surface area contributed by atoms with E-state index in [-0.39, 0.29) is 17.5 Å². The summed E-state index contributed by atoms with van der Waals surface area (Å²) in [6.45, 7) is 2.18. The highest BCUT2D eigenvalue weighted by Gasteiger charge is 2.29. The first kappa shape index (κ1) is 26.5. The van der Waals surface area contributed by atoms with Crippen LogP contribution in [0.3, 0.4) is 0 Å². The molecule has 2 saturated carbocycles. The predicted octanol–water partition coefficient (Wildman–Crippen LogP) is 5.97. The fraction of sp³-hybridized carbons (Fsp3) is 0.692. The van der Waals surface area contributed by atoms with Gasteiger partial charge in [0.1, 0.15) is 5.04 Å². The lowest BCUT2D eigenvalue weighted by Crippen LogP contribution is -2.46. The van der Waals surface area contributed by atoms with Gasteiger partial charge in [-0.05, 0) is 74.7 Å². The number of hydrogen-bond donors (Lipinski definition) is 0. The van der Waals surface area contributed by atoms with E-state index in [0.29, 0.717) is 29.3 Å². The van der Waals surface area contributed by atoms with Gasteiger partial charge in [-0.15, -0.1) is 11.8 Å². The van der Waals surface area contributed by atoms with Crippen molar-refractivity contribution in [3.63, 3.8) is 0 Å². The largest absolute Gasteiger partial charge is 0.324 e. The van der Waals surface area contributed by atoms with Crippen molar-refractivity contribution in [3.8, 4) is 0 Å². The van der Waals surface area contributed by atoms with Gasteiger partial charge < -0.3 is 4.90 Å². The SMILES string of the molecule is CSC(C[N+](=O)[O-])=NCC1CCC(CN(CC2CCCCC2)C(=O)N(C)c2ccccc2)CC1. The summed E-state index contributed by atoms with van der Waals surface area (Å²) in [6.07, 6.45) is 12.5. The Kier molecular flexibility index (Phi) is 10.7. The molecule has 2 amide bonds. The van der Waals surface area contributed by atoms with Crippen LogP contribution < -0.4 is 4.90 Å². The summed E-state index contributed by atoms with van der Waals surface area (Å²) in [5.41, 5.74) is 0.932. The minimum atomic E-state index is -0.309. The van der Waals surface area contributed by atoms with Crippen LogP contribution in [-0.4, -0.2) is 60.4 Å². The maximum atomic E-state index is 13.5. The van der Waals surface area contributed by atoms with Crippen LogP contribution >= 0.6 is 11.8 Å². The zero-order valence-electron chi connectivity index (χ0n) is 20.7. The fourth-order valence-electron chi connectivity index (χ4n) is 5.32. The Morgan fingerprint density at radius 2 is 1.59 bits per heavy atom. The lowest BCUT2D eigenvalue weighted by molar-refractivity contribution is -0.462. The number of thioether (sulfide) groups is 1. The molecule has 188 valence electrons. The Labute approximate surface area is 208 Å². The van der Waals surface area contributed by atoms with Crippen LogP contribution in [0.4, 0.5) is 10.5 Å². The minimum absolute atomic E-state index is 0.105. The van der Waals surface area contributed by atoms with Crippen LogP contribution in [0.15, 0.2) is 35.3 Å². The van der Waals surface area contributed by atoms with Crippen molar-refractivity contribution in [2.24, 2.45) is 22.7 Å². The van der Waals surface area contributed by atoms with Gasteiger partial charge in [0.25, 0.3) is 6.54 Å². The minimum Gasteiger partial charge on any atom is -0.324 e. The zero-order chi connectivity index (χ0) is 24.3. The third-order valence-electron chi connectivity index (χ3n) is 7.38. The van der Waals surface area contributed by atoms with E-state index in [1.165, 1.54) is 43.9 Å². The first-order valence-corrected chi connectivity index (χ1v) is 14.0. The molecule has 1 aromatic carbocycles. The number of nitro groups is 1. The smallest absolute Gasteiger partial charge is 0.324 e. The molecule has 1 aromatic rings. The quantitative estimate of drug-likeness (QED) is 0.186. The molecule has 7 nitrogen and oxygen atoms in total. The van der Waals surface area contributed by atoms with Crippen molar-refractivity contribution >= 4 is 28.5 Å². The molecule has 0 unspecified atom stereocenters. The van der Waals surface area contributed by atoms with E-state index in [2.05, 4.69) is 9.89 Å². The summed E-state index contributed by atoms with van der Waals surface area (Å²) in [5.74, 6) is 1.61. The lowest BCUT2D eigenvalue weighted by Gasteiger charge is -2.37. The van der Waals surface area contributed by atoms with Gasteiger partial charge in [0.05, 0.1) is 0 Å². The number of anilines is 1. The summed E-state index contributed by atoms with van der Waals surface area (Å²) in [7, 11) is 1.88. The topological polar surface area (TPSA) is 79.0 Å². The second kappa shape index (κ2) is 13.7. The predicted molar refractivity (Wildman–Crippen MR) is 142 cm³/mol. The molecule has 34 heavy (non-hydrogen) atoms. The third kappa shape index (κ3) is 8.29. The summed E-state index contributed by atoms with van der Waals surface area (Å²) in [4.78, 5) is 32.4. The number of carbonyl (C=O) groups is 1. The molecule has 0 aromatic heterocycles. The molecular formula is C26H40N4O3S. The summed E-state index contributed by atoms with van der Waals surface area (Å²) >= 11 is 1.38. The number of urea groups is 1. The molecule has 8 heteroatoms. The van der Waals surface area contributed by atoms with Gasteiger partial charge in [-0.25, -0.2) is 4.79 Å². The molecule has 0 N–H and O–H groups in total. The van der Waals surface area contributed by atoms with Crippen LogP contribution in [0.1, 0.15) is 57.8 Å². The normalized spacial score (nSPS) is 21.8. The van der Waals surface area contributed by atoms with E-state index in [9.17, 15) is 14.9 Å². The first-order valence-electron chi connectivity index (χ1n) is 12.7. The number of benzene rings is 1. The van der Waals surface area contributed by atoms with Gasteiger partial charge >= 0.3 is 6.03 Å². The fourth-order valence-corrected chi connectivity index (χ4v) is 5.75. The van der Waals surface area contributed by atoms with E-state index >= 15 is 0 Å². The number of nitrogens with zero attached hydrogens (tertiary/aromatic N) is 4. The Bertz CT molecular complexity index is 806. The van der Waals surface area contributed by atoms with Crippen LogP contribution in [-0.2, 0) is 0 Å². The molecule has 0 bridgehead atoms. The van der Waals surface area contributed by atoms with Crippen LogP contribution in [0.5, 0.6) is 0 Å². The van der Waals surface area contributed by atoms with E-state index < -0.39 is 0 Å². The molecular weight excluding hydrogens is 448 g/mol. The van der Waals surface area contributed by atoms with Gasteiger partial charge in [0.15, 0.2) is 0 Å². The maximum Gasteiger partial charge on any atom is 0.324 e. The van der Waals surface area contributed by atoms with Crippen molar-refractivity contribution < 1.29 is 9.72 Å². The Hall–Kier alpha value is -2.09. The number of para-hydroxylation sites is 1. The highest BCUT2D eigenvalue weighted by atomic mass is 32.2. The molecule has 2 aliphatic carbocycles. The van der Waals surface area contributed by atoms with Crippen LogP contribution in [0, 0.1) is 27.9 Å². The van der Waals surface area contributed by atoms with Crippen molar-refractivity contribution in [3.05, 3.63) is 40.4 Å². The zero-order valence-corrected chi connectivity index (χ0v) is 21.5. The van der Waals surface area contributed by atoms with E-state index in [0.717, 1.165) is 44.5 Å². The van der Waals surface area contributed by atoms with Crippen molar-refractivity contribution in [2.75, 3.05) is 44.4 Å². The lowest BCUT2D eigenvalue weighted by atomic mass is 9.81. The molecule has 0 spiro atoms. The highest BCUT2D eigenvalue weighted by Crippen LogP contribution is 2.31. The van der Waals surface area contributed by atoms with Crippen LogP contribution in [0.2, 0.25) is 0 Å². The third-order valence-corrected chi connectivity index (χ3v) is 8.10. The maximum absolute atomic E-state index is 13.5. The van der Waals surface area contributed by atoms with E-state index in [1.807, 2.05) is 43.6 Å². The first-order chi connectivity index (χ1) is 16.5. The number of hydrogen-bond acceptors (Lipinski definition) is 5. The van der Waals surface area contributed by atoms with Crippen molar-refractivity contribution in [1.29, 1.82) is 0 Å². The summed E-state index contributed by atoms with van der Waals surface area (Å²) < 4.78 is 0. The molecule has 2 aliphatic rings. The molecule has 2 fully saturated rings. The molecule has 0 atom stereocenters. The second-order valence-corrected chi connectivity index (χ2v) is 10.8. The van der Waals surface area contributed by atoms with Gasteiger partial charge in [-0.3, -0.25) is 20.0 Å². The van der Waals surface area contributed by atoms with Crippen molar-refractivity contribution in [2.45, 2.75) is 57.8 Å². The van der Waals surface area contributed by atoms with Gasteiger partial charge in [-0.1, -0.05) is 37.5 Å². The number of carbonyl (C=O) groups excluding carboxylic acids is 1. The average molecular weight is 489 g/mol. The molecule has 0 saturated heterocycles. The molecule has 0 heterocycles. The molecule has 0 radical (unpaired) electrons. The summed E-state index contributed by atoms with van der Waals surface area (Å²) in [5, 5.41) is 11.4. The van der Waals surface area contributed by atoms with Gasteiger partial charge in [0.2, 0.25) is 0 Å². The van der Waals surface area contributed by atoms with Gasteiger partial charge in [0, 0.05) is 37.3 Å².